The number of aromatic nitrogens is 5. The molecule has 1 aliphatic rings. The lowest BCUT2D eigenvalue weighted by atomic mass is 10.1. The van der Waals surface area contributed by atoms with Crippen LogP contribution in [0, 0.1) is 0 Å². The normalized spacial score (nSPS) is 13.7. The number of aryl methyl sites for hydroxylation is 1. The van der Waals surface area contributed by atoms with Crippen molar-refractivity contribution in [1.82, 2.24) is 24.5 Å². The highest BCUT2D eigenvalue weighted by Gasteiger charge is 2.28. The SMILES string of the molecule is Cn1nc(-c2nc(-c3ccc(C(N)=O)cc3)nn2CC(=O)O)cc1C1CC1. The second-order valence-electron chi connectivity index (χ2n) is 6.60. The molecule has 9 nitrogen and oxygen atoms in total. The van der Waals surface area contributed by atoms with Gasteiger partial charge in [0.15, 0.2) is 11.6 Å². The first kappa shape index (κ1) is 17.0. The van der Waals surface area contributed by atoms with Crippen molar-refractivity contribution in [3.63, 3.8) is 0 Å². The fourth-order valence-electron chi connectivity index (χ4n) is 3.03. The van der Waals surface area contributed by atoms with E-state index in [2.05, 4.69) is 15.2 Å². The minimum Gasteiger partial charge on any atom is -0.480 e. The first-order chi connectivity index (χ1) is 12.9. The number of amides is 1. The van der Waals surface area contributed by atoms with Gasteiger partial charge in [0.1, 0.15) is 12.2 Å². The summed E-state index contributed by atoms with van der Waals surface area (Å²) >= 11 is 0. The standard InChI is InChI=1S/C18H18N6O3/c1-23-14(10-2-3-10)8-13(21-23)18-20-17(22-24(18)9-15(25)26)12-6-4-11(5-7-12)16(19)27/h4-8,10H,2-3,9H2,1H3,(H2,19,27)(H,25,26). The molecule has 0 aliphatic heterocycles. The van der Waals surface area contributed by atoms with E-state index in [1.165, 1.54) is 4.68 Å². The lowest BCUT2D eigenvalue weighted by molar-refractivity contribution is -0.137. The van der Waals surface area contributed by atoms with Crippen LogP contribution in [0.3, 0.4) is 0 Å². The molecule has 3 N–H and O–H groups in total. The molecule has 1 saturated carbocycles. The van der Waals surface area contributed by atoms with Crippen LogP contribution in [0.15, 0.2) is 30.3 Å². The fourth-order valence-corrected chi connectivity index (χ4v) is 3.03. The van der Waals surface area contributed by atoms with Crippen LogP contribution in [0.2, 0.25) is 0 Å². The largest absolute Gasteiger partial charge is 0.480 e. The van der Waals surface area contributed by atoms with Gasteiger partial charge in [0.25, 0.3) is 0 Å². The zero-order chi connectivity index (χ0) is 19.1. The number of carbonyl (C=O) groups is 2. The molecule has 0 saturated heterocycles. The molecule has 2 heterocycles. The summed E-state index contributed by atoms with van der Waals surface area (Å²) in [6.07, 6.45) is 2.27. The summed E-state index contributed by atoms with van der Waals surface area (Å²) < 4.78 is 3.15. The van der Waals surface area contributed by atoms with Crippen molar-refractivity contribution in [2.24, 2.45) is 12.8 Å². The number of nitrogens with zero attached hydrogens (tertiary/aromatic N) is 5. The van der Waals surface area contributed by atoms with Gasteiger partial charge in [0.2, 0.25) is 5.91 Å². The third-order valence-corrected chi connectivity index (χ3v) is 4.53. The summed E-state index contributed by atoms with van der Waals surface area (Å²) in [5.41, 5.74) is 8.00. The van der Waals surface area contributed by atoms with Crippen molar-refractivity contribution in [1.29, 1.82) is 0 Å². The molecule has 0 atom stereocenters. The van der Waals surface area contributed by atoms with Crippen LogP contribution in [-0.2, 0) is 18.4 Å². The van der Waals surface area contributed by atoms with Crippen LogP contribution in [0.1, 0.15) is 34.8 Å². The maximum Gasteiger partial charge on any atom is 0.325 e. The number of primary amides is 1. The summed E-state index contributed by atoms with van der Waals surface area (Å²) in [5.74, 6) is -0.273. The van der Waals surface area contributed by atoms with Gasteiger partial charge in [-0.25, -0.2) is 9.67 Å². The maximum atomic E-state index is 11.2. The lowest BCUT2D eigenvalue weighted by Crippen LogP contribution is -2.12. The summed E-state index contributed by atoms with van der Waals surface area (Å²) in [4.78, 5) is 27.0. The van der Waals surface area contributed by atoms with Crippen molar-refractivity contribution in [3.8, 4) is 22.9 Å². The maximum absolute atomic E-state index is 11.2. The summed E-state index contributed by atoms with van der Waals surface area (Å²) in [6.45, 7) is -0.322. The fraction of sp³-hybridized carbons (Fsp3) is 0.278. The van der Waals surface area contributed by atoms with Gasteiger partial charge in [-0.05, 0) is 31.0 Å². The Bertz CT molecular complexity index is 1030. The Kier molecular flexibility index (Phi) is 3.98. The van der Waals surface area contributed by atoms with Gasteiger partial charge >= 0.3 is 5.97 Å². The smallest absolute Gasteiger partial charge is 0.325 e. The van der Waals surface area contributed by atoms with Gasteiger partial charge in [-0.3, -0.25) is 14.3 Å². The third-order valence-electron chi connectivity index (χ3n) is 4.53. The van der Waals surface area contributed by atoms with E-state index >= 15 is 0 Å². The molecule has 1 amide bonds. The van der Waals surface area contributed by atoms with Crippen molar-refractivity contribution in [2.45, 2.75) is 25.3 Å². The molecule has 4 rings (SSSR count). The number of carboxylic acid groups (broad SMARTS) is 1. The Hall–Kier alpha value is -3.49. The van der Waals surface area contributed by atoms with Gasteiger partial charge in [0.05, 0.1) is 0 Å². The number of hydrogen-bond acceptors (Lipinski definition) is 5. The Morgan fingerprint density at radius 2 is 1.93 bits per heavy atom. The molecule has 0 spiro atoms. The van der Waals surface area contributed by atoms with Crippen molar-refractivity contribution in [2.75, 3.05) is 0 Å². The van der Waals surface area contributed by atoms with Crippen molar-refractivity contribution < 1.29 is 14.7 Å². The van der Waals surface area contributed by atoms with Crippen molar-refractivity contribution in [3.05, 3.63) is 41.6 Å². The Morgan fingerprint density at radius 3 is 2.52 bits per heavy atom. The van der Waals surface area contributed by atoms with Crippen molar-refractivity contribution >= 4 is 11.9 Å². The van der Waals surface area contributed by atoms with Gasteiger partial charge in [-0.2, -0.15) is 5.10 Å². The second kappa shape index (κ2) is 6.35. The topological polar surface area (TPSA) is 129 Å². The molecule has 27 heavy (non-hydrogen) atoms. The van der Waals surface area contributed by atoms with E-state index in [1.807, 2.05) is 17.8 Å². The molecule has 138 valence electrons. The average Bonchev–Trinajstić information content (AvgIpc) is 3.27. The van der Waals surface area contributed by atoms with Crippen LogP contribution in [0.4, 0.5) is 0 Å². The Morgan fingerprint density at radius 1 is 1.22 bits per heavy atom. The van der Waals surface area contributed by atoms with Crippen LogP contribution in [0.5, 0.6) is 0 Å². The minimum absolute atomic E-state index is 0.322. The lowest BCUT2D eigenvalue weighted by Gasteiger charge is -1.99. The van der Waals surface area contributed by atoms with Crippen LogP contribution in [0.25, 0.3) is 22.9 Å². The van der Waals surface area contributed by atoms with E-state index in [0.717, 1.165) is 18.5 Å². The predicted octanol–water partition coefficient (Wildman–Crippen LogP) is 1.41. The summed E-state index contributed by atoms with van der Waals surface area (Å²) in [6, 6.07) is 8.47. The van der Waals surface area contributed by atoms with E-state index in [9.17, 15) is 14.7 Å². The number of hydrogen-bond donors (Lipinski definition) is 2. The Labute approximate surface area is 154 Å². The zero-order valence-corrected chi connectivity index (χ0v) is 14.7. The third kappa shape index (κ3) is 3.31. The monoisotopic (exact) mass is 366 g/mol. The van der Waals surface area contributed by atoms with E-state index in [0.29, 0.717) is 34.4 Å². The molecular formula is C18H18N6O3. The van der Waals surface area contributed by atoms with Crippen LogP contribution in [-0.4, -0.2) is 41.5 Å². The van der Waals surface area contributed by atoms with Crippen LogP contribution >= 0.6 is 0 Å². The molecule has 1 aliphatic carbocycles. The second-order valence-corrected chi connectivity index (χ2v) is 6.60. The highest BCUT2D eigenvalue weighted by Crippen LogP contribution is 2.40. The van der Waals surface area contributed by atoms with E-state index < -0.39 is 11.9 Å². The number of aliphatic carboxylic acids is 1. The number of benzene rings is 1. The molecule has 0 radical (unpaired) electrons. The molecule has 2 aromatic heterocycles. The van der Waals surface area contributed by atoms with Gasteiger partial charge in [0, 0.05) is 29.8 Å². The highest BCUT2D eigenvalue weighted by atomic mass is 16.4. The van der Waals surface area contributed by atoms with E-state index in [1.54, 1.807) is 24.3 Å². The van der Waals surface area contributed by atoms with E-state index in [-0.39, 0.29) is 6.54 Å². The first-order valence-electron chi connectivity index (χ1n) is 8.53. The van der Waals surface area contributed by atoms with Crippen LogP contribution < -0.4 is 5.73 Å². The molecule has 0 unspecified atom stereocenters. The summed E-state index contributed by atoms with van der Waals surface area (Å²) in [5, 5.41) is 18.0. The number of carbonyl (C=O) groups excluding carboxylic acids is 1. The number of nitrogens with two attached hydrogens (primary N) is 1. The van der Waals surface area contributed by atoms with Gasteiger partial charge in [-0.1, -0.05) is 12.1 Å². The number of rotatable bonds is 6. The molecule has 1 aromatic carbocycles. The first-order valence-corrected chi connectivity index (χ1v) is 8.53. The minimum atomic E-state index is -1.02. The average molecular weight is 366 g/mol. The molecular weight excluding hydrogens is 348 g/mol. The van der Waals surface area contributed by atoms with E-state index in [4.69, 9.17) is 5.73 Å². The highest BCUT2D eigenvalue weighted by molar-refractivity contribution is 5.93. The molecule has 9 heteroatoms. The zero-order valence-electron chi connectivity index (χ0n) is 14.7. The van der Waals surface area contributed by atoms with Gasteiger partial charge < -0.3 is 10.8 Å². The number of carboxylic acids is 1. The molecule has 3 aromatic rings. The predicted molar refractivity (Wildman–Crippen MR) is 95.8 cm³/mol. The summed E-state index contributed by atoms with van der Waals surface area (Å²) in [7, 11) is 1.87. The Balaban J connectivity index is 1.75. The molecule has 1 fully saturated rings. The molecule has 0 bridgehead atoms. The quantitative estimate of drug-likeness (QED) is 0.678. The van der Waals surface area contributed by atoms with Gasteiger partial charge in [-0.15, -0.1) is 5.10 Å².